The minimum atomic E-state index is -0.176. The van der Waals surface area contributed by atoms with E-state index >= 15 is 0 Å². The smallest absolute Gasteiger partial charge is 0.305 e. The molecule has 0 spiro atoms. The first-order valence-corrected chi connectivity index (χ1v) is 6.04. The summed E-state index contributed by atoms with van der Waals surface area (Å²) in [5, 5.41) is 3.31. The first-order valence-electron chi connectivity index (χ1n) is 6.04. The summed E-state index contributed by atoms with van der Waals surface area (Å²) in [6.07, 6.45) is 1.17. The molecule has 1 aromatic carbocycles. The lowest BCUT2D eigenvalue weighted by Crippen LogP contribution is -2.08. The zero-order valence-electron chi connectivity index (χ0n) is 11.5. The van der Waals surface area contributed by atoms with Crippen LogP contribution in [0.15, 0.2) is 12.1 Å². The molecule has 0 radical (unpaired) electrons. The summed E-state index contributed by atoms with van der Waals surface area (Å²) >= 11 is 0. The maximum atomic E-state index is 11.0. The standard InChI is InChI=1S/C14H21NO3/c1-10-8-11(2)14(12(9-10)17-3)15-7-5-6-13(16)18-4/h8-9,15H,5-7H2,1-4H3. The van der Waals surface area contributed by atoms with Crippen molar-refractivity contribution in [2.45, 2.75) is 26.7 Å². The molecule has 0 aromatic heterocycles. The van der Waals surface area contributed by atoms with Gasteiger partial charge in [-0.1, -0.05) is 6.07 Å². The van der Waals surface area contributed by atoms with Crippen molar-refractivity contribution < 1.29 is 14.3 Å². The molecule has 0 heterocycles. The molecule has 0 saturated heterocycles. The summed E-state index contributed by atoms with van der Waals surface area (Å²) in [6, 6.07) is 4.10. The molecule has 0 fully saturated rings. The summed E-state index contributed by atoms with van der Waals surface area (Å²) in [4.78, 5) is 11.0. The lowest BCUT2D eigenvalue weighted by molar-refractivity contribution is -0.140. The molecule has 0 aliphatic carbocycles. The van der Waals surface area contributed by atoms with Gasteiger partial charge in [0.2, 0.25) is 0 Å². The zero-order chi connectivity index (χ0) is 13.5. The van der Waals surface area contributed by atoms with E-state index in [0.29, 0.717) is 6.42 Å². The Morgan fingerprint density at radius 1 is 1.28 bits per heavy atom. The van der Waals surface area contributed by atoms with Crippen molar-refractivity contribution in [3.63, 3.8) is 0 Å². The average Bonchev–Trinajstić information content (AvgIpc) is 2.35. The number of carbonyl (C=O) groups excluding carboxylic acids is 1. The molecule has 0 bridgehead atoms. The lowest BCUT2D eigenvalue weighted by atomic mass is 10.1. The number of rotatable bonds is 6. The second-order valence-electron chi connectivity index (χ2n) is 4.27. The van der Waals surface area contributed by atoms with E-state index in [1.54, 1.807) is 7.11 Å². The van der Waals surface area contributed by atoms with Crippen LogP contribution in [0.4, 0.5) is 5.69 Å². The molecule has 100 valence electrons. The largest absolute Gasteiger partial charge is 0.495 e. The van der Waals surface area contributed by atoms with Crippen molar-refractivity contribution in [3.8, 4) is 5.75 Å². The van der Waals surface area contributed by atoms with E-state index in [-0.39, 0.29) is 5.97 Å². The Kier molecular flexibility index (Phi) is 5.49. The van der Waals surface area contributed by atoms with Gasteiger partial charge in [-0.3, -0.25) is 4.79 Å². The van der Waals surface area contributed by atoms with Gasteiger partial charge in [0.15, 0.2) is 0 Å². The molecule has 0 unspecified atom stereocenters. The zero-order valence-corrected chi connectivity index (χ0v) is 11.5. The highest BCUT2D eigenvalue weighted by molar-refractivity contribution is 5.69. The Labute approximate surface area is 108 Å². The Morgan fingerprint density at radius 2 is 2.00 bits per heavy atom. The van der Waals surface area contributed by atoms with Gasteiger partial charge in [0.25, 0.3) is 0 Å². The molecule has 0 aliphatic rings. The normalized spacial score (nSPS) is 10.0. The second kappa shape index (κ2) is 6.89. The summed E-state index contributed by atoms with van der Waals surface area (Å²) in [6.45, 7) is 4.80. The fourth-order valence-corrected chi connectivity index (χ4v) is 1.86. The minimum Gasteiger partial charge on any atom is -0.495 e. The third-order valence-electron chi connectivity index (χ3n) is 2.75. The molecule has 0 atom stereocenters. The third-order valence-corrected chi connectivity index (χ3v) is 2.75. The SMILES string of the molecule is COC(=O)CCCNc1c(C)cc(C)cc1OC. The van der Waals surface area contributed by atoms with Gasteiger partial charge in [0.05, 0.1) is 19.9 Å². The predicted octanol–water partition coefficient (Wildman–Crippen LogP) is 2.68. The molecule has 0 aliphatic heterocycles. The quantitative estimate of drug-likeness (QED) is 0.623. The first kappa shape index (κ1) is 14.4. The highest BCUT2D eigenvalue weighted by Gasteiger charge is 2.07. The molecule has 4 nitrogen and oxygen atoms in total. The number of nitrogens with one attached hydrogen (secondary N) is 1. The van der Waals surface area contributed by atoms with Crippen molar-refractivity contribution in [2.75, 3.05) is 26.1 Å². The van der Waals surface area contributed by atoms with Crippen LogP contribution in [0.1, 0.15) is 24.0 Å². The Balaban J connectivity index is 2.59. The van der Waals surface area contributed by atoms with Crippen molar-refractivity contribution in [1.82, 2.24) is 0 Å². The minimum absolute atomic E-state index is 0.176. The van der Waals surface area contributed by atoms with Gasteiger partial charge in [-0.05, 0) is 37.5 Å². The number of aryl methyl sites for hydroxylation is 2. The van der Waals surface area contributed by atoms with Gasteiger partial charge in [-0.15, -0.1) is 0 Å². The van der Waals surface area contributed by atoms with Crippen LogP contribution in [0, 0.1) is 13.8 Å². The topological polar surface area (TPSA) is 47.6 Å². The number of benzene rings is 1. The highest BCUT2D eigenvalue weighted by atomic mass is 16.5. The van der Waals surface area contributed by atoms with Crippen LogP contribution in [0.25, 0.3) is 0 Å². The molecule has 18 heavy (non-hydrogen) atoms. The van der Waals surface area contributed by atoms with Crippen LogP contribution < -0.4 is 10.1 Å². The number of carbonyl (C=O) groups is 1. The van der Waals surface area contributed by atoms with E-state index in [4.69, 9.17) is 4.74 Å². The van der Waals surface area contributed by atoms with Crippen molar-refractivity contribution >= 4 is 11.7 Å². The molecule has 4 heteroatoms. The summed E-state index contributed by atoms with van der Waals surface area (Å²) in [7, 11) is 3.07. The van der Waals surface area contributed by atoms with Crippen LogP contribution in [0.5, 0.6) is 5.75 Å². The van der Waals surface area contributed by atoms with E-state index < -0.39 is 0 Å². The molecule has 1 rings (SSSR count). The number of ether oxygens (including phenoxy) is 2. The number of hydrogen-bond donors (Lipinski definition) is 1. The maximum absolute atomic E-state index is 11.0. The molecule has 1 N–H and O–H groups in total. The lowest BCUT2D eigenvalue weighted by Gasteiger charge is -2.14. The third kappa shape index (κ3) is 3.95. The summed E-state index contributed by atoms with van der Waals surface area (Å²) in [5.74, 6) is 0.662. The van der Waals surface area contributed by atoms with Gasteiger partial charge in [-0.2, -0.15) is 0 Å². The second-order valence-corrected chi connectivity index (χ2v) is 4.27. The Bertz CT molecular complexity index is 416. The van der Waals surface area contributed by atoms with Crippen LogP contribution in [0.2, 0.25) is 0 Å². The van der Waals surface area contributed by atoms with Gasteiger partial charge in [0, 0.05) is 13.0 Å². The average molecular weight is 251 g/mol. The Morgan fingerprint density at radius 3 is 2.61 bits per heavy atom. The maximum Gasteiger partial charge on any atom is 0.305 e. The van der Waals surface area contributed by atoms with Crippen LogP contribution in [-0.2, 0) is 9.53 Å². The molecule has 1 aromatic rings. The van der Waals surface area contributed by atoms with Gasteiger partial charge in [-0.25, -0.2) is 0 Å². The van der Waals surface area contributed by atoms with E-state index in [9.17, 15) is 4.79 Å². The van der Waals surface area contributed by atoms with E-state index in [1.807, 2.05) is 19.9 Å². The van der Waals surface area contributed by atoms with Crippen LogP contribution in [-0.4, -0.2) is 26.7 Å². The predicted molar refractivity (Wildman–Crippen MR) is 72.2 cm³/mol. The fourth-order valence-electron chi connectivity index (χ4n) is 1.86. The first-order chi connectivity index (χ1) is 8.58. The molecular weight excluding hydrogens is 230 g/mol. The van der Waals surface area contributed by atoms with Crippen molar-refractivity contribution in [2.24, 2.45) is 0 Å². The fraction of sp³-hybridized carbons (Fsp3) is 0.500. The number of methoxy groups -OCH3 is 2. The van der Waals surface area contributed by atoms with E-state index in [1.165, 1.54) is 12.7 Å². The molecule has 0 amide bonds. The van der Waals surface area contributed by atoms with Crippen molar-refractivity contribution in [3.05, 3.63) is 23.3 Å². The highest BCUT2D eigenvalue weighted by Crippen LogP contribution is 2.29. The number of hydrogen-bond acceptors (Lipinski definition) is 4. The van der Waals surface area contributed by atoms with Crippen LogP contribution in [0.3, 0.4) is 0 Å². The number of esters is 1. The van der Waals surface area contributed by atoms with Gasteiger partial charge < -0.3 is 14.8 Å². The van der Waals surface area contributed by atoms with E-state index in [2.05, 4.69) is 16.1 Å². The Hall–Kier alpha value is -1.71. The summed E-state index contributed by atoms with van der Waals surface area (Å²) in [5.41, 5.74) is 3.31. The van der Waals surface area contributed by atoms with E-state index in [0.717, 1.165) is 30.0 Å². The molecule has 0 saturated carbocycles. The van der Waals surface area contributed by atoms with Gasteiger partial charge >= 0.3 is 5.97 Å². The molecular formula is C14H21NO3. The summed E-state index contributed by atoms with van der Waals surface area (Å²) < 4.78 is 9.95. The monoisotopic (exact) mass is 251 g/mol. The van der Waals surface area contributed by atoms with Gasteiger partial charge in [0.1, 0.15) is 5.75 Å². The van der Waals surface area contributed by atoms with Crippen LogP contribution >= 0.6 is 0 Å². The van der Waals surface area contributed by atoms with Crippen molar-refractivity contribution in [1.29, 1.82) is 0 Å². The number of anilines is 1.